The Morgan fingerprint density at radius 3 is 2.38 bits per heavy atom. The molecule has 4 rings (SSSR count). The predicted molar refractivity (Wildman–Crippen MR) is 108 cm³/mol. The highest BCUT2D eigenvalue weighted by Gasteiger charge is 2.50. The van der Waals surface area contributed by atoms with Gasteiger partial charge in [0.05, 0.1) is 14.2 Å². The van der Waals surface area contributed by atoms with Crippen molar-refractivity contribution < 1.29 is 9.47 Å². The van der Waals surface area contributed by atoms with Gasteiger partial charge in [-0.25, -0.2) is 0 Å². The fourth-order valence-electron chi connectivity index (χ4n) is 4.90. The van der Waals surface area contributed by atoms with E-state index in [2.05, 4.69) is 64.3 Å². The van der Waals surface area contributed by atoms with Crippen molar-refractivity contribution in [2.45, 2.75) is 37.1 Å². The second-order valence-electron chi connectivity index (χ2n) is 7.53. The Morgan fingerprint density at radius 2 is 1.77 bits per heavy atom. The lowest BCUT2D eigenvalue weighted by Crippen LogP contribution is -2.50. The van der Waals surface area contributed by atoms with Gasteiger partial charge in [-0.1, -0.05) is 40.5 Å². The lowest BCUT2D eigenvalue weighted by atomic mass is 9.57. The zero-order chi connectivity index (χ0) is 18.3. The summed E-state index contributed by atoms with van der Waals surface area (Å²) in [5.74, 6) is 1.66. The molecule has 2 aromatic rings. The molecule has 26 heavy (non-hydrogen) atoms. The SMILES string of the molecule is COc1cc2c(cc1OC)C(C1(c3ccccc3Br)CCC1)N(C)CC2. The smallest absolute Gasteiger partial charge is 0.161 e. The van der Waals surface area contributed by atoms with E-state index in [1.807, 2.05) is 0 Å². The maximum absolute atomic E-state index is 5.63. The van der Waals surface area contributed by atoms with Gasteiger partial charge in [0, 0.05) is 22.5 Å². The van der Waals surface area contributed by atoms with Crippen LogP contribution in [0.2, 0.25) is 0 Å². The number of nitrogens with zero attached hydrogens (tertiary/aromatic N) is 1. The average molecular weight is 416 g/mol. The van der Waals surface area contributed by atoms with E-state index in [1.165, 1.54) is 40.4 Å². The van der Waals surface area contributed by atoms with E-state index in [0.29, 0.717) is 6.04 Å². The van der Waals surface area contributed by atoms with Crippen LogP contribution in [0.4, 0.5) is 0 Å². The number of methoxy groups -OCH3 is 2. The molecule has 138 valence electrons. The van der Waals surface area contributed by atoms with Crippen molar-refractivity contribution in [1.29, 1.82) is 0 Å². The Hall–Kier alpha value is -1.52. The Labute approximate surface area is 164 Å². The second-order valence-corrected chi connectivity index (χ2v) is 8.38. The number of halogens is 1. The number of hydrogen-bond acceptors (Lipinski definition) is 3. The average Bonchev–Trinajstić information content (AvgIpc) is 2.62. The van der Waals surface area contributed by atoms with E-state index >= 15 is 0 Å². The maximum Gasteiger partial charge on any atom is 0.161 e. The van der Waals surface area contributed by atoms with E-state index < -0.39 is 0 Å². The summed E-state index contributed by atoms with van der Waals surface area (Å²) in [5.41, 5.74) is 4.38. The third-order valence-corrected chi connectivity index (χ3v) is 6.99. The number of fused-ring (bicyclic) bond motifs is 1. The molecule has 1 aliphatic carbocycles. The van der Waals surface area contributed by atoms with Crippen LogP contribution in [0.5, 0.6) is 11.5 Å². The van der Waals surface area contributed by atoms with Crippen molar-refractivity contribution >= 4 is 15.9 Å². The van der Waals surface area contributed by atoms with Crippen molar-refractivity contribution in [3.8, 4) is 11.5 Å². The van der Waals surface area contributed by atoms with Gasteiger partial charge < -0.3 is 9.47 Å². The predicted octanol–water partition coefficient (Wildman–Crippen LogP) is 5.12. The van der Waals surface area contributed by atoms with E-state index in [9.17, 15) is 0 Å². The molecule has 0 aromatic heterocycles. The monoisotopic (exact) mass is 415 g/mol. The summed E-state index contributed by atoms with van der Waals surface area (Å²) in [5, 5.41) is 0. The van der Waals surface area contributed by atoms with E-state index in [4.69, 9.17) is 9.47 Å². The lowest BCUT2D eigenvalue weighted by Gasteiger charge is -2.54. The minimum Gasteiger partial charge on any atom is -0.493 e. The summed E-state index contributed by atoms with van der Waals surface area (Å²) in [4.78, 5) is 2.53. The largest absolute Gasteiger partial charge is 0.493 e. The molecule has 1 saturated carbocycles. The Morgan fingerprint density at radius 1 is 1.08 bits per heavy atom. The molecule has 1 unspecified atom stereocenters. The summed E-state index contributed by atoms with van der Waals surface area (Å²) < 4.78 is 12.4. The molecule has 1 aliphatic heterocycles. The van der Waals surface area contributed by atoms with Crippen molar-refractivity contribution in [2.24, 2.45) is 0 Å². The van der Waals surface area contributed by atoms with Crippen molar-refractivity contribution in [3.63, 3.8) is 0 Å². The molecule has 0 saturated heterocycles. The highest BCUT2D eigenvalue weighted by atomic mass is 79.9. The summed E-state index contributed by atoms with van der Waals surface area (Å²) in [6, 6.07) is 13.5. The number of hydrogen-bond donors (Lipinski definition) is 0. The number of benzene rings is 2. The Balaban J connectivity index is 1.88. The van der Waals surface area contributed by atoms with Gasteiger partial charge in [0.15, 0.2) is 11.5 Å². The molecule has 0 amide bonds. The molecule has 0 spiro atoms. The first-order valence-corrected chi connectivity index (χ1v) is 10.1. The molecule has 2 aromatic carbocycles. The molecule has 0 radical (unpaired) electrons. The van der Waals surface area contributed by atoms with E-state index in [1.54, 1.807) is 14.2 Å². The van der Waals surface area contributed by atoms with Gasteiger partial charge >= 0.3 is 0 Å². The molecule has 0 N–H and O–H groups in total. The van der Waals surface area contributed by atoms with Crippen LogP contribution < -0.4 is 9.47 Å². The van der Waals surface area contributed by atoms with Gasteiger partial charge in [-0.2, -0.15) is 0 Å². The van der Waals surface area contributed by atoms with Crippen molar-refractivity contribution in [3.05, 3.63) is 57.6 Å². The van der Waals surface area contributed by atoms with Crippen LogP contribution in [0.3, 0.4) is 0 Å². The Bertz CT molecular complexity index is 816. The number of likely N-dealkylation sites (N-methyl/N-ethyl adjacent to an activating group) is 1. The molecule has 1 fully saturated rings. The maximum atomic E-state index is 5.63. The normalized spacial score (nSPS) is 21.6. The van der Waals surface area contributed by atoms with Gasteiger partial charge in [-0.15, -0.1) is 0 Å². The van der Waals surface area contributed by atoms with E-state index in [0.717, 1.165) is 24.5 Å². The summed E-state index contributed by atoms with van der Waals surface area (Å²) >= 11 is 3.82. The third kappa shape index (κ3) is 2.66. The van der Waals surface area contributed by atoms with Gasteiger partial charge in [-0.05, 0) is 61.2 Å². The van der Waals surface area contributed by atoms with Crippen molar-refractivity contribution in [1.82, 2.24) is 4.90 Å². The third-order valence-electron chi connectivity index (χ3n) is 6.29. The molecule has 2 aliphatic rings. The Kier molecular flexibility index (Phi) is 4.74. The van der Waals surface area contributed by atoms with Crippen molar-refractivity contribution in [2.75, 3.05) is 27.8 Å². The first kappa shape index (κ1) is 17.9. The quantitative estimate of drug-likeness (QED) is 0.691. The molecule has 1 atom stereocenters. The van der Waals surface area contributed by atoms with Crippen LogP contribution in [-0.2, 0) is 11.8 Å². The molecule has 4 heteroatoms. The molecule has 3 nitrogen and oxygen atoms in total. The first-order chi connectivity index (χ1) is 12.6. The highest BCUT2D eigenvalue weighted by Crippen LogP contribution is 2.57. The van der Waals surface area contributed by atoms with Gasteiger partial charge in [-0.3, -0.25) is 4.90 Å². The van der Waals surface area contributed by atoms with Crippen LogP contribution in [0.1, 0.15) is 42.0 Å². The van der Waals surface area contributed by atoms with Gasteiger partial charge in [0.25, 0.3) is 0 Å². The number of ether oxygens (including phenoxy) is 2. The van der Waals surface area contributed by atoms with Crippen LogP contribution >= 0.6 is 15.9 Å². The van der Waals surface area contributed by atoms with Crippen LogP contribution in [0, 0.1) is 0 Å². The van der Waals surface area contributed by atoms with Crippen LogP contribution in [0.15, 0.2) is 40.9 Å². The zero-order valence-corrected chi connectivity index (χ0v) is 17.3. The fourth-order valence-corrected chi connectivity index (χ4v) is 5.58. The number of rotatable bonds is 4. The van der Waals surface area contributed by atoms with Crippen LogP contribution in [-0.4, -0.2) is 32.7 Å². The minimum absolute atomic E-state index is 0.156. The van der Waals surface area contributed by atoms with Gasteiger partial charge in [0.2, 0.25) is 0 Å². The first-order valence-electron chi connectivity index (χ1n) is 9.31. The summed E-state index contributed by atoms with van der Waals surface area (Å²) in [7, 11) is 5.70. The summed E-state index contributed by atoms with van der Waals surface area (Å²) in [6.45, 7) is 1.07. The van der Waals surface area contributed by atoms with Crippen LogP contribution in [0.25, 0.3) is 0 Å². The fraction of sp³-hybridized carbons (Fsp3) is 0.455. The standard InChI is InChI=1S/C22H26BrNO2/c1-24-12-9-15-13-19(25-2)20(26-3)14-16(15)21(24)22(10-6-11-22)17-7-4-5-8-18(17)23/h4-5,7-8,13-14,21H,6,9-12H2,1-3H3. The molecular weight excluding hydrogens is 390 g/mol. The van der Waals surface area contributed by atoms with Gasteiger partial charge in [0.1, 0.15) is 0 Å². The highest BCUT2D eigenvalue weighted by molar-refractivity contribution is 9.10. The molecular formula is C22H26BrNO2. The molecule has 0 bridgehead atoms. The zero-order valence-electron chi connectivity index (χ0n) is 15.7. The summed E-state index contributed by atoms with van der Waals surface area (Å²) in [6.07, 6.45) is 4.78. The minimum atomic E-state index is 0.156. The molecule has 1 heterocycles. The lowest BCUT2D eigenvalue weighted by molar-refractivity contribution is 0.0709. The topological polar surface area (TPSA) is 21.7 Å². The second kappa shape index (κ2) is 6.90. The van der Waals surface area contributed by atoms with E-state index in [-0.39, 0.29) is 5.41 Å².